The number of hydrogen-bond acceptors (Lipinski definition) is 4. The molecule has 4 heteroatoms. The number of hydrogen-bond donors (Lipinski definition) is 0. The van der Waals surface area contributed by atoms with Crippen molar-refractivity contribution in [2.45, 2.75) is 39.7 Å². The van der Waals surface area contributed by atoms with Crippen LogP contribution in [0.3, 0.4) is 0 Å². The highest BCUT2D eigenvalue weighted by molar-refractivity contribution is 5.32. The van der Waals surface area contributed by atoms with Crippen LogP contribution < -0.4 is 4.90 Å². The highest BCUT2D eigenvalue weighted by Gasteiger charge is 2.20. The maximum absolute atomic E-state index is 5.67. The van der Waals surface area contributed by atoms with Gasteiger partial charge < -0.3 is 9.64 Å². The first-order chi connectivity index (χ1) is 8.19. The third-order valence-corrected chi connectivity index (χ3v) is 3.08. The van der Waals surface area contributed by atoms with Gasteiger partial charge in [0.15, 0.2) is 0 Å². The fraction of sp³-hybridized carbons (Fsp3) is 0.692. The van der Waals surface area contributed by atoms with E-state index in [2.05, 4.69) is 21.8 Å². The van der Waals surface area contributed by atoms with Crippen LogP contribution in [0, 0.1) is 13.8 Å². The molecule has 0 aromatic carbocycles. The van der Waals surface area contributed by atoms with E-state index in [1.807, 2.05) is 19.9 Å². The summed E-state index contributed by atoms with van der Waals surface area (Å²) in [6.07, 6.45) is 2.68. The number of aromatic nitrogens is 2. The van der Waals surface area contributed by atoms with Gasteiger partial charge in [-0.2, -0.15) is 0 Å². The van der Waals surface area contributed by atoms with E-state index in [1.165, 1.54) is 6.42 Å². The zero-order chi connectivity index (χ0) is 12.3. The Bertz CT molecular complexity index is 355. The summed E-state index contributed by atoms with van der Waals surface area (Å²) < 4.78 is 5.67. The Hall–Kier alpha value is -1.16. The van der Waals surface area contributed by atoms with Gasteiger partial charge in [0.25, 0.3) is 0 Å². The minimum absolute atomic E-state index is 0.347. The summed E-state index contributed by atoms with van der Waals surface area (Å²) in [5, 5.41) is 0. The monoisotopic (exact) mass is 235 g/mol. The van der Waals surface area contributed by atoms with Crippen molar-refractivity contribution in [3.63, 3.8) is 0 Å². The van der Waals surface area contributed by atoms with Crippen LogP contribution in [0.4, 0.5) is 5.95 Å². The van der Waals surface area contributed by atoms with Crippen molar-refractivity contribution < 1.29 is 4.74 Å². The lowest BCUT2D eigenvalue weighted by atomic mass is 10.2. The predicted molar refractivity (Wildman–Crippen MR) is 68.4 cm³/mol. The van der Waals surface area contributed by atoms with Crippen LogP contribution in [-0.4, -0.2) is 35.8 Å². The molecule has 1 saturated heterocycles. The third-order valence-electron chi connectivity index (χ3n) is 3.08. The highest BCUT2D eigenvalue weighted by Crippen LogP contribution is 2.16. The van der Waals surface area contributed by atoms with Gasteiger partial charge in [-0.25, -0.2) is 9.97 Å². The lowest BCUT2D eigenvalue weighted by Gasteiger charge is -2.24. The maximum Gasteiger partial charge on any atom is 0.225 e. The molecule has 4 nitrogen and oxygen atoms in total. The van der Waals surface area contributed by atoms with Crippen LogP contribution in [0.1, 0.15) is 31.2 Å². The second-order valence-corrected chi connectivity index (χ2v) is 4.62. The number of rotatable bonds is 4. The van der Waals surface area contributed by atoms with Gasteiger partial charge in [-0.3, -0.25) is 0 Å². The van der Waals surface area contributed by atoms with Gasteiger partial charge in [-0.1, -0.05) is 0 Å². The van der Waals surface area contributed by atoms with E-state index in [0.29, 0.717) is 6.10 Å². The lowest BCUT2D eigenvalue weighted by Crippen LogP contribution is -2.33. The molecule has 0 amide bonds. The molecule has 1 atom stereocenters. The van der Waals surface area contributed by atoms with E-state index in [0.717, 1.165) is 43.5 Å². The summed E-state index contributed by atoms with van der Waals surface area (Å²) in [5.41, 5.74) is 2.05. The highest BCUT2D eigenvalue weighted by atomic mass is 16.5. The van der Waals surface area contributed by atoms with Crippen LogP contribution in [0.2, 0.25) is 0 Å². The van der Waals surface area contributed by atoms with Gasteiger partial charge in [0.05, 0.1) is 6.10 Å². The first-order valence-electron chi connectivity index (χ1n) is 6.38. The second kappa shape index (κ2) is 5.45. The SMILES string of the molecule is CCN(CC1CCCO1)c1nc(C)cc(C)n1. The van der Waals surface area contributed by atoms with Crippen molar-refractivity contribution in [1.82, 2.24) is 9.97 Å². The molecule has 1 aliphatic rings. The summed E-state index contributed by atoms with van der Waals surface area (Å²) in [6, 6.07) is 2.00. The Morgan fingerprint density at radius 2 is 2.06 bits per heavy atom. The maximum atomic E-state index is 5.67. The largest absolute Gasteiger partial charge is 0.376 e. The van der Waals surface area contributed by atoms with E-state index < -0.39 is 0 Å². The van der Waals surface area contributed by atoms with Crippen LogP contribution in [0.15, 0.2) is 6.07 Å². The smallest absolute Gasteiger partial charge is 0.225 e. The van der Waals surface area contributed by atoms with E-state index in [1.54, 1.807) is 0 Å². The summed E-state index contributed by atoms with van der Waals surface area (Å²) in [6.45, 7) is 8.88. The first-order valence-corrected chi connectivity index (χ1v) is 6.38. The molecule has 0 N–H and O–H groups in total. The van der Waals surface area contributed by atoms with E-state index in [-0.39, 0.29) is 0 Å². The molecule has 1 aromatic rings. The molecular formula is C13H21N3O. The molecule has 1 aromatic heterocycles. The van der Waals surface area contributed by atoms with Crippen molar-refractivity contribution >= 4 is 5.95 Å². The molecule has 0 spiro atoms. The average molecular weight is 235 g/mol. The predicted octanol–water partition coefficient (Wildman–Crippen LogP) is 2.10. The topological polar surface area (TPSA) is 38.2 Å². The van der Waals surface area contributed by atoms with Crippen LogP contribution >= 0.6 is 0 Å². The number of nitrogens with zero attached hydrogens (tertiary/aromatic N) is 3. The zero-order valence-electron chi connectivity index (χ0n) is 10.9. The Balaban J connectivity index is 2.10. The fourth-order valence-electron chi connectivity index (χ4n) is 2.24. The normalized spacial score (nSPS) is 19.6. The van der Waals surface area contributed by atoms with Gasteiger partial charge in [0.1, 0.15) is 0 Å². The molecule has 0 bridgehead atoms. The summed E-state index contributed by atoms with van der Waals surface area (Å²) in [7, 11) is 0. The fourth-order valence-corrected chi connectivity index (χ4v) is 2.24. The van der Waals surface area contributed by atoms with E-state index in [9.17, 15) is 0 Å². The molecular weight excluding hydrogens is 214 g/mol. The van der Waals surface area contributed by atoms with Gasteiger partial charge >= 0.3 is 0 Å². The number of aryl methyl sites for hydroxylation is 2. The minimum Gasteiger partial charge on any atom is -0.376 e. The Labute approximate surface area is 103 Å². The van der Waals surface area contributed by atoms with Gasteiger partial charge in [-0.05, 0) is 39.7 Å². The summed E-state index contributed by atoms with van der Waals surface area (Å²) in [4.78, 5) is 11.2. The van der Waals surface area contributed by atoms with Crippen LogP contribution in [0.25, 0.3) is 0 Å². The van der Waals surface area contributed by atoms with Crippen molar-refractivity contribution in [2.75, 3.05) is 24.6 Å². The number of ether oxygens (including phenoxy) is 1. The van der Waals surface area contributed by atoms with Gasteiger partial charge in [0, 0.05) is 31.1 Å². The van der Waals surface area contributed by atoms with E-state index >= 15 is 0 Å². The molecule has 2 rings (SSSR count). The molecule has 1 unspecified atom stereocenters. The molecule has 17 heavy (non-hydrogen) atoms. The number of anilines is 1. The second-order valence-electron chi connectivity index (χ2n) is 4.62. The Kier molecular flexibility index (Phi) is 3.94. The Morgan fingerprint density at radius 3 is 2.59 bits per heavy atom. The molecule has 0 radical (unpaired) electrons. The zero-order valence-corrected chi connectivity index (χ0v) is 10.9. The van der Waals surface area contributed by atoms with Crippen LogP contribution in [-0.2, 0) is 4.74 Å². The van der Waals surface area contributed by atoms with Crippen molar-refractivity contribution in [3.8, 4) is 0 Å². The molecule has 94 valence electrons. The van der Waals surface area contributed by atoms with Crippen molar-refractivity contribution in [2.24, 2.45) is 0 Å². The molecule has 2 heterocycles. The molecule has 1 aliphatic heterocycles. The third kappa shape index (κ3) is 3.16. The molecule has 1 fully saturated rings. The lowest BCUT2D eigenvalue weighted by molar-refractivity contribution is 0.115. The van der Waals surface area contributed by atoms with Gasteiger partial charge in [0.2, 0.25) is 5.95 Å². The standard InChI is InChI=1S/C13H21N3O/c1-4-16(9-12-6-5-7-17-12)13-14-10(2)8-11(3)15-13/h8,12H,4-7,9H2,1-3H3. The van der Waals surface area contributed by atoms with Gasteiger partial charge in [-0.15, -0.1) is 0 Å². The quantitative estimate of drug-likeness (QED) is 0.801. The summed E-state index contributed by atoms with van der Waals surface area (Å²) in [5.74, 6) is 0.834. The summed E-state index contributed by atoms with van der Waals surface area (Å²) >= 11 is 0. The van der Waals surface area contributed by atoms with Crippen molar-refractivity contribution in [3.05, 3.63) is 17.5 Å². The Morgan fingerprint density at radius 1 is 1.35 bits per heavy atom. The molecule has 0 saturated carbocycles. The first kappa shape index (κ1) is 12.3. The average Bonchev–Trinajstić information content (AvgIpc) is 2.77. The van der Waals surface area contributed by atoms with Crippen molar-refractivity contribution in [1.29, 1.82) is 0 Å². The number of likely N-dealkylation sites (N-methyl/N-ethyl adjacent to an activating group) is 1. The van der Waals surface area contributed by atoms with E-state index in [4.69, 9.17) is 4.74 Å². The minimum atomic E-state index is 0.347. The molecule has 0 aliphatic carbocycles. The van der Waals surface area contributed by atoms with Crippen LogP contribution in [0.5, 0.6) is 0 Å².